The number of hydrogen-bond donors (Lipinski definition) is 2. The largest absolute Gasteiger partial charge is 0.508 e. The molecule has 94 valence electrons. The van der Waals surface area contributed by atoms with Crippen LogP contribution in [0.15, 0.2) is 30.4 Å². The van der Waals surface area contributed by atoms with E-state index in [0.717, 1.165) is 17.7 Å². The molecule has 0 saturated heterocycles. The first-order chi connectivity index (χ1) is 8.09. The Balaban J connectivity index is 2.22. The van der Waals surface area contributed by atoms with Crippen LogP contribution in [0.2, 0.25) is 5.02 Å². The molecule has 0 atom stereocenters. The van der Waals surface area contributed by atoms with Crippen molar-refractivity contribution in [3.63, 3.8) is 0 Å². The van der Waals surface area contributed by atoms with Gasteiger partial charge in [0, 0.05) is 23.7 Å². The molecule has 4 heteroatoms. The highest BCUT2D eigenvalue weighted by atomic mass is 35.5. The fraction of sp³-hybridized carbons (Fsp3) is 0.385. The van der Waals surface area contributed by atoms with E-state index in [4.69, 9.17) is 16.3 Å². The van der Waals surface area contributed by atoms with E-state index in [-0.39, 0.29) is 5.75 Å². The molecule has 0 aliphatic heterocycles. The van der Waals surface area contributed by atoms with Crippen LogP contribution in [0.3, 0.4) is 0 Å². The minimum absolute atomic E-state index is 0.254. The molecule has 0 aromatic heterocycles. The molecule has 0 amide bonds. The molecule has 2 N–H and O–H groups in total. The van der Waals surface area contributed by atoms with Crippen molar-refractivity contribution in [1.29, 1.82) is 0 Å². The number of halogens is 1. The molecule has 0 fully saturated rings. The van der Waals surface area contributed by atoms with Crippen LogP contribution in [0, 0.1) is 0 Å². The van der Waals surface area contributed by atoms with E-state index in [1.807, 2.05) is 6.92 Å². The van der Waals surface area contributed by atoms with Gasteiger partial charge in [-0.3, -0.25) is 0 Å². The third-order valence-electron chi connectivity index (χ3n) is 2.13. The normalized spacial score (nSPS) is 10.5. The number of phenols is 1. The first-order valence-electron chi connectivity index (χ1n) is 5.50. The molecule has 1 aromatic carbocycles. The van der Waals surface area contributed by atoms with Gasteiger partial charge in [-0.2, -0.15) is 0 Å². The average molecular weight is 256 g/mol. The number of benzene rings is 1. The van der Waals surface area contributed by atoms with Gasteiger partial charge in [0.2, 0.25) is 0 Å². The van der Waals surface area contributed by atoms with Gasteiger partial charge in [0.25, 0.3) is 0 Å². The smallest absolute Gasteiger partial charge is 0.120 e. The highest BCUT2D eigenvalue weighted by molar-refractivity contribution is 6.30. The van der Waals surface area contributed by atoms with Crippen LogP contribution in [0.5, 0.6) is 5.75 Å². The van der Waals surface area contributed by atoms with E-state index < -0.39 is 0 Å². The lowest BCUT2D eigenvalue weighted by Crippen LogP contribution is -2.19. The summed E-state index contributed by atoms with van der Waals surface area (Å²) in [6.07, 6.45) is 0. The standard InChI is InChI=1S/C13H18ClNO2/c1-10(2)9-17-6-5-15-8-11-7-12(14)3-4-13(11)16/h3-4,7,15-16H,1,5-6,8-9H2,2H3. The van der Waals surface area contributed by atoms with Crippen LogP contribution < -0.4 is 5.32 Å². The van der Waals surface area contributed by atoms with E-state index >= 15 is 0 Å². The first-order valence-corrected chi connectivity index (χ1v) is 5.87. The van der Waals surface area contributed by atoms with E-state index in [1.165, 1.54) is 0 Å². The third kappa shape index (κ3) is 5.73. The van der Waals surface area contributed by atoms with Crippen LogP contribution in [0.25, 0.3) is 0 Å². The molecule has 0 unspecified atom stereocenters. The Morgan fingerprint density at radius 3 is 3.00 bits per heavy atom. The van der Waals surface area contributed by atoms with Crippen LogP contribution in [-0.4, -0.2) is 24.9 Å². The molecule has 0 bridgehead atoms. The van der Waals surface area contributed by atoms with E-state index in [0.29, 0.717) is 24.8 Å². The second kappa shape index (κ2) is 7.33. The number of aromatic hydroxyl groups is 1. The van der Waals surface area contributed by atoms with Crippen molar-refractivity contribution in [2.45, 2.75) is 13.5 Å². The molecule has 1 rings (SSSR count). The molecule has 0 heterocycles. The maximum absolute atomic E-state index is 9.57. The zero-order chi connectivity index (χ0) is 12.7. The summed E-state index contributed by atoms with van der Waals surface area (Å²) in [5, 5.41) is 13.4. The summed E-state index contributed by atoms with van der Waals surface area (Å²) in [5.74, 6) is 0.254. The number of rotatable bonds is 7. The zero-order valence-electron chi connectivity index (χ0n) is 10.0. The van der Waals surface area contributed by atoms with Crippen LogP contribution >= 0.6 is 11.6 Å². The Kier molecular flexibility index (Phi) is 6.05. The van der Waals surface area contributed by atoms with Crippen LogP contribution in [0.4, 0.5) is 0 Å². The molecule has 1 aromatic rings. The van der Waals surface area contributed by atoms with Crippen molar-refractivity contribution in [3.05, 3.63) is 40.9 Å². The Hall–Kier alpha value is -1.03. The van der Waals surface area contributed by atoms with Crippen molar-refractivity contribution < 1.29 is 9.84 Å². The maximum atomic E-state index is 9.57. The molecule has 0 aliphatic carbocycles. The first kappa shape index (κ1) is 14.0. The Morgan fingerprint density at radius 2 is 2.29 bits per heavy atom. The summed E-state index contributed by atoms with van der Waals surface area (Å²) < 4.78 is 5.34. The lowest BCUT2D eigenvalue weighted by atomic mass is 10.2. The zero-order valence-corrected chi connectivity index (χ0v) is 10.8. The van der Waals surface area contributed by atoms with Gasteiger partial charge in [0.05, 0.1) is 13.2 Å². The van der Waals surface area contributed by atoms with Crippen molar-refractivity contribution in [2.24, 2.45) is 0 Å². The maximum Gasteiger partial charge on any atom is 0.120 e. The van der Waals surface area contributed by atoms with E-state index in [9.17, 15) is 5.11 Å². The molecular formula is C13H18ClNO2. The SMILES string of the molecule is C=C(C)COCCNCc1cc(Cl)ccc1O. The fourth-order valence-corrected chi connectivity index (χ4v) is 1.50. The van der Waals surface area contributed by atoms with Gasteiger partial charge in [0.1, 0.15) is 5.75 Å². The number of phenolic OH excluding ortho intramolecular Hbond substituents is 1. The molecule has 0 saturated carbocycles. The van der Waals surface area contributed by atoms with E-state index in [1.54, 1.807) is 18.2 Å². The highest BCUT2D eigenvalue weighted by Gasteiger charge is 2.01. The second-order valence-corrected chi connectivity index (χ2v) is 4.40. The second-order valence-electron chi connectivity index (χ2n) is 3.96. The van der Waals surface area contributed by atoms with Gasteiger partial charge < -0.3 is 15.2 Å². The summed E-state index contributed by atoms with van der Waals surface area (Å²) in [6.45, 7) is 8.18. The predicted octanol–water partition coefficient (Wildman–Crippen LogP) is 2.73. The van der Waals surface area contributed by atoms with Gasteiger partial charge in [-0.25, -0.2) is 0 Å². The van der Waals surface area contributed by atoms with Crippen LogP contribution in [0.1, 0.15) is 12.5 Å². The predicted molar refractivity (Wildman–Crippen MR) is 70.5 cm³/mol. The van der Waals surface area contributed by atoms with Gasteiger partial charge in [-0.1, -0.05) is 23.8 Å². The fourth-order valence-electron chi connectivity index (χ4n) is 1.31. The van der Waals surface area contributed by atoms with Crippen molar-refractivity contribution in [3.8, 4) is 5.75 Å². The van der Waals surface area contributed by atoms with Crippen LogP contribution in [-0.2, 0) is 11.3 Å². The van der Waals surface area contributed by atoms with E-state index in [2.05, 4.69) is 11.9 Å². The average Bonchev–Trinajstić information content (AvgIpc) is 2.27. The molecule has 3 nitrogen and oxygen atoms in total. The van der Waals surface area contributed by atoms with Gasteiger partial charge in [-0.05, 0) is 25.1 Å². The number of ether oxygens (including phenoxy) is 1. The highest BCUT2D eigenvalue weighted by Crippen LogP contribution is 2.20. The summed E-state index contributed by atoms with van der Waals surface area (Å²) in [6, 6.07) is 5.01. The van der Waals surface area contributed by atoms with Gasteiger partial charge >= 0.3 is 0 Å². The lowest BCUT2D eigenvalue weighted by Gasteiger charge is -2.08. The monoisotopic (exact) mass is 255 g/mol. The summed E-state index contributed by atoms with van der Waals surface area (Å²) >= 11 is 5.84. The Labute approximate surface area is 107 Å². The summed E-state index contributed by atoms with van der Waals surface area (Å²) in [5.41, 5.74) is 1.80. The molecular weight excluding hydrogens is 238 g/mol. The Morgan fingerprint density at radius 1 is 1.53 bits per heavy atom. The lowest BCUT2D eigenvalue weighted by molar-refractivity contribution is 0.157. The van der Waals surface area contributed by atoms with Gasteiger partial charge in [0.15, 0.2) is 0 Å². The minimum atomic E-state index is 0.254. The van der Waals surface area contributed by atoms with Gasteiger partial charge in [-0.15, -0.1) is 0 Å². The van der Waals surface area contributed by atoms with Crippen molar-refractivity contribution in [2.75, 3.05) is 19.8 Å². The quantitative estimate of drug-likeness (QED) is 0.582. The Bertz CT molecular complexity index is 380. The number of hydrogen-bond acceptors (Lipinski definition) is 3. The molecule has 0 spiro atoms. The molecule has 0 aliphatic rings. The van der Waals surface area contributed by atoms with Crippen molar-refractivity contribution in [1.82, 2.24) is 5.32 Å². The van der Waals surface area contributed by atoms with Crippen molar-refractivity contribution >= 4 is 11.6 Å². The topological polar surface area (TPSA) is 41.5 Å². The molecule has 17 heavy (non-hydrogen) atoms. The third-order valence-corrected chi connectivity index (χ3v) is 2.36. The summed E-state index contributed by atoms with van der Waals surface area (Å²) in [4.78, 5) is 0. The number of nitrogens with one attached hydrogen (secondary N) is 1. The summed E-state index contributed by atoms with van der Waals surface area (Å²) in [7, 11) is 0. The molecule has 0 radical (unpaired) electrons. The minimum Gasteiger partial charge on any atom is -0.508 e.